The first-order chi connectivity index (χ1) is 7.68. The minimum absolute atomic E-state index is 0.665. The van der Waals surface area contributed by atoms with Crippen molar-refractivity contribution < 1.29 is 9.90 Å². The molecule has 0 aliphatic carbocycles. The van der Waals surface area contributed by atoms with E-state index < -0.39 is 5.97 Å². The minimum atomic E-state index is -1.10. The van der Waals surface area contributed by atoms with E-state index in [1.54, 1.807) is 0 Å². The second kappa shape index (κ2) is 4.28. The highest BCUT2D eigenvalue weighted by molar-refractivity contribution is 7.16. The number of carboxylic acid groups (broad SMARTS) is 1. The maximum atomic E-state index is 10.2. The molecule has 0 amide bonds. The van der Waals surface area contributed by atoms with Crippen LogP contribution >= 0.6 is 11.3 Å². The van der Waals surface area contributed by atoms with Crippen molar-refractivity contribution in [2.75, 3.05) is 0 Å². The van der Waals surface area contributed by atoms with Gasteiger partial charge < -0.3 is 9.67 Å². The smallest absolute Gasteiger partial charge is 0.348 e. The van der Waals surface area contributed by atoms with Crippen molar-refractivity contribution in [1.82, 2.24) is 4.57 Å². The first-order valence-corrected chi connectivity index (χ1v) is 5.34. The molecular weight excluding hydrogens is 226 g/mol. The van der Waals surface area contributed by atoms with Gasteiger partial charge in [0, 0.05) is 7.05 Å². The van der Waals surface area contributed by atoms with Crippen LogP contribution < -0.4 is 4.80 Å². The van der Waals surface area contributed by atoms with Crippen LogP contribution in [0, 0.1) is 0 Å². The Morgan fingerprint density at radius 3 is 2.94 bits per heavy atom. The minimum Gasteiger partial charge on any atom is -0.477 e. The number of nitrogens with zero attached hydrogens (tertiary/aromatic N) is 3. The number of hydrogen-bond acceptors (Lipinski definition) is 4. The fraction of sp³-hybridized carbons (Fsp3) is 0.100. The van der Waals surface area contributed by atoms with Crippen molar-refractivity contribution >= 4 is 33.7 Å². The van der Waals surface area contributed by atoms with Gasteiger partial charge >= 0.3 is 5.97 Å². The Hall–Kier alpha value is -1.95. The van der Waals surface area contributed by atoms with E-state index in [4.69, 9.17) is 5.11 Å². The van der Waals surface area contributed by atoms with Gasteiger partial charge in [-0.25, -0.2) is 4.79 Å². The summed E-state index contributed by atoms with van der Waals surface area (Å²) in [5.74, 6) is -1.10. The molecular formula is C10H9N3O2S. The maximum absolute atomic E-state index is 10.2. The fourth-order valence-corrected chi connectivity index (χ4v) is 2.28. The third kappa shape index (κ3) is 2.01. The molecule has 0 spiro atoms. The molecule has 1 aromatic carbocycles. The van der Waals surface area contributed by atoms with E-state index in [1.165, 1.54) is 11.3 Å². The summed E-state index contributed by atoms with van der Waals surface area (Å²) in [4.78, 5) is 10.9. The van der Waals surface area contributed by atoms with Gasteiger partial charge in [-0.2, -0.15) is 0 Å². The van der Waals surface area contributed by atoms with Crippen molar-refractivity contribution in [3.05, 3.63) is 29.1 Å². The van der Waals surface area contributed by atoms with E-state index in [0.29, 0.717) is 4.80 Å². The molecule has 0 saturated heterocycles. The van der Waals surface area contributed by atoms with Crippen LogP contribution in [0.5, 0.6) is 0 Å². The van der Waals surface area contributed by atoms with E-state index >= 15 is 0 Å². The van der Waals surface area contributed by atoms with E-state index in [1.807, 2.05) is 35.9 Å². The van der Waals surface area contributed by atoms with Crippen LogP contribution in [0.3, 0.4) is 0 Å². The standard InChI is InChI=1S/C10H9N3O2S/c1-13-7-4-2-3-5-8(7)16-10(13)12-11-6-9(14)15/h2-6H,1H3,(H,14,15)/b11-6-,12-10-. The van der Waals surface area contributed by atoms with E-state index in [9.17, 15) is 4.79 Å². The summed E-state index contributed by atoms with van der Waals surface area (Å²) in [6, 6.07) is 7.86. The first-order valence-electron chi connectivity index (χ1n) is 4.53. The Morgan fingerprint density at radius 2 is 2.25 bits per heavy atom. The van der Waals surface area contributed by atoms with Gasteiger partial charge in [0.05, 0.1) is 10.2 Å². The summed E-state index contributed by atoms with van der Waals surface area (Å²) in [5, 5.41) is 15.7. The fourth-order valence-electron chi connectivity index (χ4n) is 1.31. The Kier molecular flexibility index (Phi) is 2.82. The summed E-state index contributed by atoms with van der Waals surface area (Å²) in [6.45, 7) is 0. The Morgan fingerprint density at radius 1 is 1.50 bits per heavy atom. The molecule has 0 fully saturated rings. The molecule has 1 heterocycles. The Bertz CT molecular complexity index is 624. The molecule has 2 rings (SSSR count). The summed E-state index contributed by atoms with van der Waals surface area (Å²) >= 11 is 1.47. The molecule has 1 N–H and O–H groups in total. The molecule has 0 aliphatic heterocycles. The predicted molar refractivity (Wildman–Crippen MR) is 62.5 cm³/mol. The third-order valence-electron chi connectivity index (χ3n) is 2.03. The van der Waals surface area contributed by atoms with Gasteiger partial charge in [0.1, 0.15) is 6.21 Å². The number of aryl methyl sites for hydroxylation is 1. The van der Waals surface area contributed by atoms with Gasteiger partial charge in [0.15, 0.2) is 0 Å². The van der Waals surface area contributed by atoms with Crippen LogP contribution in [-0.4, -0.2) is 21.9 Å². The summed E-state index contributed by atoms with van der Waals surface area (Å²) < 4.78 is 2.97. The average Bonchev–Trinajstić information content (AvgIpc) is 2.56. The quantitative estimate of drug-likeness (QED) is 0.628. The van der Waals surface area contributed by atoms with Crippen molar-refractivity contribution in [3.8, 4) is 0 Å². The van der Waals surface area contributed by atoms with Crippen LogP contribution in [0.15, 0.2) is 34.5 Å². The number of fused-ring (bicyclic) bond motifs is 1. The highest BCUT2D eigenvalue weighted by atomic mass is 32.1. The molecule has 0 aliphatic rings. The number of aromatic nitrogens is 1. The number of thiazole rings is 1. The molecule has 0 unspecified atom stereocenters. The van der Waals surface area contributed by atoms with Crippen LogP contribution in [0.4, 0.5) is 0 Å². The zero-order valence-electron chi connectivity index (χ0n) is 8.49. The van der Waals surface area contributed by atoms with Crippen LogP contribution in [0.25, 0.3) is 10.2 Å². The number of rotatable bonds is 2. The first kappa shape index (κ1) is 10.6. The number of para-hydroxylation sites is 1. The van der Waals surface area contributed by atoms with E-state index in [-0.39, 0.29) is 0 Å². The van der Waals surface area contributed by atoms with Crippen molar-refractivity contribution in [2.45, 2.75) is 0 Å². The molecule has 0 bridgehead atoms. The lowest BCUT2D eigenvalue weighted by atomic mass is 10.3. The molecule has 6 heteroatoms. The monoisotopic (exact) mass is 235 g/mol. The molecule has 0 saturated carbocycles. The largest absolute Gasteiger partial charge is 0.477 e. The zero-order chi connectivity index (χ0) is 11.5. The topological polar surface area (TPSA) is 67.0 Å². The molecule has 1 aromatic heterocycles. The van der Waals surface area contributed by atoms with Crippen LogP contribution in [0.1, 0.15) is 0 Å². The number of benzene rings is 1. The lowest BCUT2D eigenvalue weighted by Gasteiger charge is -1.92. The van der Waals surface area contributed by atoms with Crippen molar-refractivity contribution in [1.29, 1.82) is 0 Å². The molecule has 0 atom stereocenters. The SMILES string of the molecule is Cn1/c(=N/N=C\C(=O)O)sc2ccccc21. The number of aliphatic carboxylic acids is 1. The summed E-state index contributed by atoms with van der Waals surface area (Å²) in [6.07, 6.45) is 0.768. The maximum Gasteiger partial charge on any atom is 0.348 e. The summed E-state index contributed by atoms with van der Waals surface area (Å²) in [7, 11) is 1.87. The van der Waals surface area contributed by atoms with Gasteiger partial charge in [-0.15, -0.1) is 10.2 Å². The van der Waals surface area contributed by atoms with Crippen molar-refractivity contribution in [3.63, 3.8) is 0 Å². The Labute approximate surface area is 95.0 Å². The second-order valence-electron chi connectivity index (χ2n) is 3.09. The number of carbonyl (C=O) groups is 1. The number of carboxylic acids is 1. The highest BCUT2D eigenvalue weighted by Crippen LogP contribution is 2.14. The van der Waals surface area contributed by atoms with Crippen LogP contribution in [0.2, 0.25) is 0 Å². The molecule has 2 aromatic rings. The lowest BCUT2D eigenvalue weighted by molar-refractivity contribution is -0.128. The molecule has 16 heavy (non-hydrogen) atoms. The highest BCUT2D eigenvalue weighted by Gasteiger charge is 2.00. The lowest BCUT2D eigenvalue weighted by Crippen LogP contribution is -2.09. The molecule has 5 nitrogen and oxygen atoms in total. The second-order valence-corrected chi connectivity index (χ2v) is 4.10. The van der Waals surface area contributed by atoms with Gasteiger partial charge in [-0.3, -0.25) is 0 Å². The van der Waals surface area contributed by atoms with Gasteiger partial charge in [0.25, 0.3) is 0 Å². The zero-order valence-corrected chi connectivity index (χ0v) is 9.31. The Balaban J connectivity index is 2.53. The van der Waals surface area contributed by atoms with Crippen LogP contribution in [-0.2, 0) is 11.8 Å². The van der Waals surface area contributed by atoms with E-state index in [2.05, 4.69) is 10.2 Å². The third-order valence-corrected chi connectivity index (χ3v) is 3.13. The summed E-state index contributed by atoms with van der Waals surface area (Å²) in [5.41, 5.74) is 1.05. The van der Waals surface area contributed by atoms with E-state index in [0.717, 1.165) is 16.4 Å². The molecule has 0 radical (unpaired) electrons. The average molecular weight is 235 g/mol. The van der Waals surface area contributed by atoms with Gasteiger partial charge in [0.2, 0.25) is 4.80 Å². The van der Waals surface area contributed by atoms with Gasteiger partial charge in [-0.05, 0) is 12.1 Å². The molecule has 82 valence electrons. The van der Waals surface area contributed by atoms with Crippen molar-refractivity contribution in [2.24, 2.45) is 17.3 Å². The predicted octanol–water partition coefficient (Wildman–Crippen LogP) is 1.21. The van der Waals surface area contributed by atoms with Gasteiger partial charge in [-0.1, -0.05) is 23.5 Å². The normalized spacial score (nSPS) is 12.7. The number of hydrogen-bond donors (Lipinski definition) is 1.